The highest BCUT2D eigenvalue weighted by molar-refractivity contribution is 14.0. The fourth-order valence-corrected chi connectivity index (χ4v) is 2.55. The van der Waals surface area contributed by atoms with Crippen LogP contribution in [-0.4, -0.2) is 50.8 Å². The third-order valence-corrected chi connectivity index (χ3v) is 4.21. The molecule has 1 rings (SSSR count). The van der Waals surface area contributed by atoms with E-state index in [-0.39, 0.29) is 41.4 Å². The number of amides is 1. The van der Waals surface area contributed by atoms with Gasteiger partial charge in [-0.25, -0.2) is 0 Å². The first-order valence-corrected chi connectivity index (χ1v) is 8.83. The largest absolute Gasteiger partial charge is 0.377 e. The Morgan fingerprint density at radius 1 is 1.12 bits per heavy atom. The normalized spacial score (nSPS) is 16.2. The molecule has 0 unspecified atom stereocenters. The van der Waals surface area contributed by atoms with Gasteiger partial charge >= 0.3 is 0 Å². The highest BCUT2D eigenvalue weighted by Crippen LogP contribution is 2.23. The molecular weight excluding hydrogens is 419 g/mol. The Kier molecular flexibility index (Phi) is 12.4. The molecule has 0 heterocycles. The van der Waals surface area contributed by atoms with Gasteiger partial charge in [-0.2, -0.15) is 0 Å². The van der Waals surface area contributed by atoms with E-state index in [0.717, 1.165) is 25.3 Å². The molecule has 0 radical (unpaired) electrons. The molecule has 24 heavy (non-hydrogen) atoms. The van der Waals surface area contributed by atoms with Crippen molar-refractivity contribution >= 4 is 35.8 Å². The molecule has 0 spiro atoms. The maximum absolute atomic E-state index is 12.1. The second kappa shape index (κ2) is 12.7. The topological polar surface area (TPSA) is 74.8 Å². The average Bonchev–Trinajstić information content (AvgIpc) is 2.57. The molecule has 1 aliphatic carbocycles. The number of hydrogen-bond donors (Lipinski definition) is 3. The lowest BCUT2D eigenvalue weighted by Crippen LogP contribution is -2.43. The Balaban J connectivity index is 0.00000529. The molecule has 0 atom stereocenters. The predicted molar refractivity (Wildman–Crippen MR) is 110 cm³/mol. The highest BCUT2D eigenvalue weighted by atomic mass is 127. The molecular formula is C17H35IN4O2. The summed E-state index contributed by atoms with van der Waals surface area (Å²) in [6.07, 6.45) is 5.71. The summed E-state index contributed by atoms with van der Waals surface area (Å²) in [5, 5.41) is 9.47. The van der Waals surface area contributed by atoms with Crippen LogP contribution in [0.4, 0.5) is 0 Å². The van der Waals surface area contributed by atoms with Crippen LogP contribution < -0.4 is 16.0 Å². The maximum atomic E-state index is 12.1. The molecule has 3 N–H and O–H groups in total. The quantitative estimate of drug-likeness (QED) is 0.228. The number of nitrogens with zero attached hydrogens (tertiary/aromatic N) is 1. The van der Waals surface area contributed by atoms with Crippen molar-refractivity contribution in [3.8, 4) is 0 Å². The van der Waals surface area contributed by atoms with Crippen LogP contribution in [0.25, 0.3) is 0 Å². The number of methoxy groups -OCH3 is 1. The highest BCUT2D eigenvalue weighted by Gasteiger charge is 2.20. The van der Waals surface area contributed by atoms with E-state index in [1.165, 1.54) is 19.3 Å². The zero-order valence-electron chi connectivity index (χ0n) is 15.6. The maximum Gasteiger partial charge on any atom is 0.223 e. The van der Waals surface area contributed by atoms with E-state index < -0.39 is 0 Å². The third-order valence-electron chi connectivity index (χ3n) is 4.21. The molecule has 7 heteroatoms. The summed E-state index contributed by atoms with van der Waals surface area (Å²) in [5.74, 6) is 1.17. The van der Waals surface area contributed by atoms with Gasteiger partial charge in [0.1, 0.15) is 0 Å². The van der Waals surface area contributed by atoms with E-state index in [9.17, 15) is 4.79 Å². The number of nitrogens with one attached hydrogen (secondary N) is 3. The number of rotatable bonds is 8. The summed E-state index contributed by atoms with van der Waals surface area (Å²) in [6.45, 7) is 8.70. The average molecular weight is 454 g/mol. The number of aliphatic imine (C=N–C) groups is 1. The number of carbonyl (C=O) groups is 1. The summed E-state index contributed by atoms with van der Waals surface area (Å²) in [5.41, 5.74) is -0.280. The summed E-state index contributed by atoms with van der Waals surface area (Å²) in [7, 11) is 1.69. The van der Waals surface area contributed by atoms with Gasteiger partial charge in [0.2, 0.25) is 5.91 Å². The minimum atomic E-state index is -0.280. The molecule has 0 saturated heterocycles. The molecule has 1 aliphatic rings. The molecule has 0 aliphatic heterocycles. The number of hydrogen-bond acceptors (Lipinski definition) is 3. The SMILES string of the molecule is CCNC(=NCC(C)(C)OC)NCCNC(=O)C1CCCCC1.I. The Bertz CT molecular complexity index is 383. The van der Waals surface area contributed by atoms with E-state index >= 15 is 0 Å². The van der Waals surface area contributed by atoms with Crippen molar-refractivity contribution in [3.05, 3.63) is 0 Å². The van der Waals surface area contributed by atoms with Gasteiger partial charge in [-0.1, -0.05) is 19.3 Å². The Morgan fingerprint density at radius 3 is 2.33 bits per heavy atom. The molecule has 1 amide bonds. The van der Waals surface area contributed by atoms with Crippen LogP contribution >= 0.6 is 24.0 Å². The van der Waals surface area contributed by atoms with Gasteiger partial charge in [0, 0.05) is 32.7 Å². The van der Waals surface area contributed by atoms with E-state index in [0.29, 0.717) is 19.6 Å². The van der Waals surface area contributed by atoms with Crippen molar-refractivity contribution in [1.82, 2.24) is 16.0 Å². The van der Waals surface area contributed by atoms with Gasteiger partial charge < -0.3 is 20.7 Å². The van der Waals surface area contributed by atoms with Crippen LogP contribution in [-0.2, 0) is 9.53 Å². The predicted octanol–water partition coefficient (Wildman–Crippen LogP) is 2.28. The Hall–Kier alpha value is -0.570. The number of halogens is 1. The number of guanidine groups is 1. The van der Waals surface area contributed by atoms with Crippen molar-refractivity contribution in [2.45, 2.75) is 58.5 Å². The van der Waals surface area contributed by atoms with E-state index in [2.05, 4.69) is 20.9 Å². The molecule has 1 fully saturated rings. The monoisotopic (exact) mass is 454 g/mol. The summed E-state index contributed by atoms with van der Waals surface area (Å²) in [6, 6.07) is 0. The molecule has 6 nitrogen and oxygen atoms in total. The van der Waals surface area contributed by atoms with Crippen LogP contribution in [0.15, 0.2) is 4.99 Å². The smallest absolute Gasteiger partial charge is 0.223 e. The van der Waals surface area contributed by atoms with Crippen LogP contribution in [0, 0.1) is 5.92 Å². The summed E-state index contributed by atoms with van der Waals surface area (Å²) < 4.78 is 5.37. The van der Waals surface area contributed by atoms with E-state index in [1.807, 2.05) is 20.8 Å². The number of carbonyl (C=O) groups excluding carboxylic acids is 1. The second-order valence-corrected chi connectivity index (χ2v) is 6.71. The van der Waals surface area contributed by atoms with Crippen LogP contribution in [0.2, 0.25) is 0 Å². The van der Waals surface area contributed by atoms with Gasteiger partial charge in [-0.3, -0.25) is 9.79 Å². The Morgan fingerprint density at radius 2 is 1.75 bits per heavy atom. The molecule has 0 bridgehead atoms. The van der Waals surface area contributed by atoms with Gasteiger partial charge in [0.05, 0.1) is 12.1 Å². The van der Waals surface area contributed by atoms with Gasteiger partial charge in [0.15, 0.2) is 5.96 Å². The zero-order chi connectivity index (χ0) is 17.1. The first kappa shape index (κ1) is 23.4. The van der Waals surface area contributed by atoms with Crippen molar-refractivity contribution in [2.75, 3.05) is 33.3 Å². The van der Waals surface area contributed by atoms with Crippen molar-refractivity contribution in [1.29, 1.82) is 0 Å². The summed E-state index contributed by atoms with van der Waals surface area (Å²) >= 11 is 0. The van der Waals surface area contributed by atoms with Crippen LogP contribution in [0.5, 0.6) is 0 Å². The van der Waals surface area contributed by atoms with Crippen molar-refractivity contribution in [2.24, 2.45) is 10.9 Å². The lowest BCUT2D eigenvalue weighted by molar-refractivity contribution is -0.125. The second-order valence-electron chi connectivity index (χ2n) is 6.71. The van der Waals surface area contributed by atoms with Gasteiger partial charge in [0.25, 0.3) is 0 Å². The third kappa shape index (κ3) is 9.66. The minimum absolute atomic E-state index is 0. The lowest BCUT2D eigenvalue weighted by Gasteiger charge is -2.22. The molecule has 0 aromatic heterocycles. The van der Waals surface area contributed by atoms with Gasteiger partial charge in [-0.05, 0) is 33.6 Å². The summed E-state index contributed by atoms with van der Waals surface area (Å²) in [4.78, 5) is 16.6. The van der Waals surface area contributed by atoms with E-state index in [4.69, 9.17) is 4.74 Å². The Labute approximate surface area is 164 Å². The van der Waals surface area contributed by atoms with Crippen LogP contribution in [0.1, 0.15) is 52.9 Å². The lowest BCUT2D eigenvalue weighted by atomic mass is 9.89. The fraction of sp³-hybridized carbons (Fsp3) is 0.882. The molecule has 1 saturated carbocycles. The first-order valence-electron chi connectivity index (χ1n) is 8.83. The van der Waals surface area contributed by atoms with Crippen LogP contribution in [0.3, 0.4) is 0 Å². The standard InChI is InChI=1S/C17H34N4O2.HI/c1-5-18-16(21-13-17(2,3)23-4)20-12-11-19-15(22)14-9-7-6-8-10-14;/h14H,5-13H2,1-4H3,(H,19,22)(H2,18,20,21);1H. The molecule has 0 aromatic carbocycles. The van der Waals surface area contributed by atoms with Gasteiger partial charge in [-0.15, -0.1) is 24.0 Å². The molecule has 0 aromatic rings. The minimum Gasteiger partial charge on any atom is -0.377 e. The van der Waals surface area contributed by atoms with Crippen molar-refractivity contribution < 1.29 is 9.53 Å². The number of ether oxygens (including phenoxy) is 1. The zero-order valence-corrected chi connectivity index (χ0v) is 17.9. The van der Waals surface area contributed by atoms with Crippen molar-refractivity contribution in [3.63, 3.8) is 0 Å². The molecule has 142 valence electrons. The van der Waals surface area contributed by atoms with E-state index in [1.54, 1.807) is 7.11 Å². The first-order chi connectivity index (χ1) is 11.0. The fourth-order valence-electron chi connectivity index (χ4n) is 2.55.